The molecule has 0 amide bonds. The molecule has 0 aliphatic carbocycles. The summed E-state index contributed by atoms with van der Waals surface area (Å²) in [6, 6.07) is 2.95. The highest BCUT2D eigenvalue weighted by molar-refractivity contribution is 5.60. The predicted octanol–water partition coefficient (Wildman–Crippen LogP) is 0.444. The molecular formula is C6H4N4O2. The zero-order valence-corrected chi connectivity index (χ0v) is 5.89. The number of hydrogen-bond donors (Lipinski definition) is 1. The monoisotopic (exact) mass is 164 g/mol. The maximum atomic E-state index is 10.3. The number of aromatic nitrogens is 1. The fourth-order valence-corrected chi connectivity index (χ4v) is 0.718. The van der Waals surface area contributed by atoms with Gasteiger partial charge in [0.1, 0.15) is 12.3 Å². The van der Waals surface area contributed by atoms with E-state index in [-0.39, 0.29) is 11.3 Å². The second kappa shape index (κ2) is 2.84. The number of anilines is 1. The Morgan fingerprint density at radius 1 is 1.75 bits per heavy atom. The minimum absolute atomic E-state index is 0.0687. The van der Waals surface area contributed by atoms with Crippen LogP contribution in [-0.2, 0) is 0 Å². The normalized spacial score (nSPS) is 8.92. The van der Waals surface area contributed by atoms with Crippen molar-refractivity contribution in [1.82, 2.24) is 4.98 Å². The summed E-state index contributed by atoms with van der Waals surface area (Å²) in [5.74, 6) is -0.502. The van der Waals surface area contributed by atoms with Crippen LogP contribution in [0.5, 0.6) is 0 Å². The van der Waals surface area contributed by atoms with Crippen molar-refractivity contribution in [3.8, 4) is 6.07 Å². The SMILES string of the molecule is N#Cc1c(N)ccnc1[N+](=O)[O-]. The van der Waals surface area contributed by atoms with Crippen LogP contribution in [0.25, 0.3) is 0 Å². The van der Waals surface area contributed by atoms with Crippen molar-refractivity contribution in [2.45, 2.75) is 0 Å². The van der Waals surface area contributed by atoms with Crippen molar-refractivity contribution >= 4 is 11.5 Å². The fraction of sp³-hybridized carbons (Fsp3) is 0. The van der Waals surface area contributed by atoms with E-state index in [1.165, 1.54) is 12.3 Å². The standard InChI is InChI=1S/C6H4N4O2/c7-3-4-5(8)1-2-9-6(4)10(11)12/h1-2H,(H2,8,9). The van der Waals surface area contributed by atoms with Gasteiger partial charge in [-0.2, -0.15) is 5.26 Å². The van der Waals surface area contributed by atoms with Gasteiger partial charge in [0.15, 0.2) is 5.56 Å². The van der Waals surface area contributed by atoms with Crippen LogP contribution in [0.2, 0.25) is 0 Å². The summed E-state index contributed by atoms with van der Waals surface area (Å²) in [5, 5.41) is 18.7. The Hall–Kier alpha value is -2.16. The van der Waals surface area contributed by atoms with E-state index in [2.05, 4.69) is 4.98 Å². The molecule has 0 saturated carbocycles. The van der Waals surface area contributed by atoms with Crippen molar-refractivity contribution in [2.24, 2.45) is 0 Å². The van der Waals surface area contributed by atoms with E-state index >= 15 is 0 Å². The van der Waals surface area contributed by atoms with Crippen LogP contribution >= 0.6 is 0 Å². The highest BCUT2D eigenvalue weighted by atomic mass is 16.6. The summed E-state index contributed by atoms with van der Waals surface area (Å²) < 4.78 is 0. The highest BCUT2D eigenvalue weighted by Crippen LogP contribution is 2.19. The summed E-state index contributed by atoms with van der Waals surface area (Å²) in [4.78, 5) is 12.9. The Bertz CT molecular complexity index is 368. The fourth-order valence-electron chi connectivity index (χ4n) is 0.718. The van der Waals surface area contributed by atoms with Gasteiger partial charge >= 0.3 is 5.82 Å². The Morgan fingerprint density at radius 3 is 2.83 bits per heavy atom. The molecule has 1 heterocycles. The van der Waals surface area contributed by atoms with E-state index < -0.39 is 10.7 Å². The smallest absolute Gasteiger partial charge is 0.383 e. The van der Waals surface area contributed by atoms with Crippen LogP contribution in [0.4, 0.5) is 11.5 Å². The molecule has 0 aliphatic rings. The van der Waals surface area contributed by atoms with E-state index in [0.717, 1.165) is 0 Å². The molecule has 1 aromatic rings. The first-order chi connectivity index (χ1) is 5.66. The van der Waals surface area contributed by atoms with Crippen molar-refractivity contribution in [1.29, 1.82) is 5.26 Å². The Kier molecular flexibility index (Phi) is 1.88. The van der Waals surface area contributed by atoms with Gasteiger partial charge in [0.25, 0.3) is 0 Å². The molecule has 0 bridgehead atoms. The third-order valence-corrected chi connectivity index (χ3v) is 1.25. The van der Waals surface area contributed by atoms with Gasteiger partial charge in [-0.1, -0.05) is 0 Å². The first-order valence-corrected chi connectivity index (χ1v) is 2.95. The van der Waals surface area contributed by atoms with Crippen molar-refractivity contribution in [3.05, 3.63) is 27.9 Å². The largest absolute Gasteiger partial charge is 0.397 e. The van der Waals surface area contributed by atoms with Gasteiger partial charge in [0.05, 0.1) is 5.69 Å². The van der Waals surface area contributed by atoms with Crippen molar-refractivity contribution in [3.63, 3.8) is 0 Å². The average molecular weight is 164 g/mol. The van der Waals surface area contributed by atoms with Crippen LogP contribution in [0, 0.1) is 21.4 Å². The summed E-state index contributed by atoms with van der Waals surface area (Å²) >= 11 is 0. The molecule has 6 heteroatoms. The molecule has 60 valence electrons. The van der Waals surface area contributed by atoms with Gasteiger partial charge in [-0.15, -0.1) is 0 Å². The molecule has 2 N–H and O–H groups in total. The lowest BCUT2D eigenvalue weighted by molar-refractivity contribution is -0.389. The van der Waals surface area contributed by atoms with Crippen LogP contribution in [0.1, 0.15) is 5.56 Å². The number of pyridine rings is 1. The molecule has 0 atom stereocenters. The van der Waals surface area contributed by atoms with Crippen molar-refractivity contribution in [2.75, 3.05) is 5.73 Å². The van der Waals surface area contributed by atoms with Crippen molar-refractivity contribution < 1.29 is 4.92 Å². The molecule has 0 fully saturated rings. The quantitative estimate of drug-likeness (QED) is 0.478. The molecule has 0 aliphatic heterocycles. The number of nitrogen functional groups attached to an aromatic ring is 1. The first kappa shape index (κ1) is 7.94. The minimum Gasteiger partial charge on any atom is -0.397 e. The van der Waals surface area contributed by atoms with Gasteiger partial charge in [-0.25, -0.2) is 0 Å². The topological polar surface area (TPSA) is 106 Å². The van der Waals surface area contributed by atoms with Crippen LogP contribution < -0.4 is 5.73 Å². The van der Waals surface area contributed by atoms with E-state index in [9.17, 15) is 10.1 Å². The second-order valence-corrected chi connectivity index (χ2v) is 1.97. The van der Waals surface area contributed by atoms with E-state index in [4.69, 9.17) is 11.0 Å². The molecule has 6 nitrogen and oxygen atoms in total. The van der Waals surface area contributed by atoms with Gasteiger partial charge < -0.3 is 15.8 Å². The molecule has 0 unspecified atom stereocenters. The number of nitriles is 1. The maximum absolute atomic E-state index is 10.3. The van der Waals surface area contributed by atoms with Crippen LogP contribution in [0.15, 0.2) is 12.3 Å². The summed E-state index contributed by atoms with van der Waals surface area (Å²) in [6.45, 7) is 0. The molecule has 1 aromatic heterocycles. The van der Waals surface area contributed by atoms with Crippen LogP contribution in [-0.4, -0.2) is 9.91 Å². The number of nitro groups is 1. The lowest BCUT2D eigenvalue weighted by Crippen LogP contribution is -1.99. The third kappa shape index (κ3) is 1.15. The van der Waals surface area contributed by atoms with Gasteiger partial charge in [0, 0.05) is 6.07 Å². The van der Waals surface area contributed by atoms with Gasteiger partial charge in [-0.3, -0.25) is 0 Å². The number of rotatable bonds is 1. The zero-order chi connectivity index (χ0) is 9.14. The Balaban J connectivity index is 3.40. The minimum atomic E-state index is -0.741. The van der Waals surface area contributed by atoms with Gasteiger partial charge in [0.2, 0.25) is 0 Å². The molecule has 1 rings (SSSR count). The van der Waals surface area contributed by atoms with Crippen LogP contribution in [0.3, 0.4) is 0 Å². The molecule has 0 spiro atoms. The van der Waals surface area contributed by atoms with Gasteiger partial charge in [-0.05, 0) is 9.91 Å². The number of nitrogens with zero attached hydrogens (tertiary/aromatic N) is 3. The second-order valence-electron chi connectivity index (χ2n) is 1.97. The summed E-state index contributed by atoms with van der Waals surface area (Å²) in [6.07, 6.45) is 1.19. The Morgan fingerprint density at radius 2 is 2.42 bits per heavy atom. The number of hydrogen-bond acceptors (Lipinski definition) is 5. The molecular weight excluding hydrogens is 160 g/mol. The average Bonchev–Trinajstić information content (AvgIpc) is 2.03. The molecule has 0 saturated heterocycles. The summed E-state index contributed by atoms with van der Waals surface area (Å²) in [7, 11) is 0. The molecule has 0 radical (unpaired) electrons. The first-order valence-electron chi connectivity index (χ1n) is 2.95. The Labute approximate surface area is 67.4 Å². The maximum Gasteiger partial charge on any atom is 0.383 e. The highest BCUT2D eigenvalue weighted by Gasteiger charge is 2.16. The third-order valence-electron chi connectivity index (χ3n) is 1.25. The van der Waals surface area contributed by atoms with E-state index in [1.54, 1.807) is 6.07 Å². The summed E-state index contributed by atoms with van der Waals surface area (Å²) in [5.41, 5.74) is 5.18. The van der Waals surface area contributed by atoms with E-state index in [0.29, 0.717) is 0 Å². The predicted molar refractivity (Wildman–Crippen MR) is 40.0 cm³/mol. The lowest BCUT2D eigenvalue weighted by atomic mass is 10.2. The number of nitrogens with two attached hydrogens (primary N) is 1. The lowest BCUT2D eigenvalue weighted by Gasteiger charge is -1.95. The zero-order valence-electron chi connectivity index (χ0n) is 5.89. The molecule has 12 heavy (non-hydrogen) atoms. The molecule has 0 aromatic carbocycles. The van der Waals surface area contributed by atoms with E-state index in [1.807, 2.05) is 0 Å².